The van der Waals surface area contributed by atoms with E-state index in [-0.39, 0.29) is 0 Å². The number of azide groups is 1. The molecule has 0 bridgehead atoms. The molecule has 4 heteroatoms. The standard InChI is InChI=1S/C10H10BrN3/c11-7-2-1-4-9-5-3-6-10(8-9)13-14-12/h1,3-6,8H,2,7H2. The second-order valence-electron chi connectivity index (χ2n) is 2.66. The van der Waals surface area contributed by atoms with Crippen molar-refractivity contribution in [3.8, 4) is 0 Å². The van der Waals surface area contributed by atoms with Crippen LogP contribution in [0.15, 0.2) is 35.5 Å². The first-order chi connectivity index (χ1) is 6.86. The first-order valence-corrected chi connectivity index (χ1v) is 5.36. The van der Waals surface area contributed by atoms with Crippen LogP contribution in [0.4, 0.5) is 5.69 Å². The van der Waals surface area contributed by atoms with Crippen LogP contribution in [0.3, 0.4) is 0 Å². The molecule has 0 atom stereocenters. The zero-order chi connectivity index (χ0) is 10.2. The zero-order valence-electron chi connectivity index (χ0n) is 7.60. The maximum Gasteiger partial charge on any atom is 0.0381 e. The molecule has 0 saturated heterocycles. The van der Waals surface area contributed by atoms with Gasteiger partial charge in [0.1, 0.15) is 0 Å². The lowest BCUT2D eigenvalue weighted by Crippen LogP contribution is -1.71. The normalized spacial score (nSPS) is 10.1. The molecule has 3 nitrogen and oxygen atoms in total. The van der Waals surface area contributed by atoms with Crippen molar-refractivity contribution in [3.63, 3.8) is 0 Å². The van der Waals surface area contributed by atoms with E-state index in [9.17, 15) is 0 Å². The largest absolute Gasteiger partial charge is 0.0925 e. The Bertz CT molecular complexity index is 367. The van der Waals surface area contributed by atoms with Gasteiger partial charge in [0.15, 0.2) is 0 Å². The van der Waals surface area contributed by atoms with E-state index in [4.69, 9.17) is 5.53 Å². The predicted octanol–water partition coefficient (Wildman–Crippen LogP) is 4.43. The predicted molar refractivity (Wildman–Crippen MR) is 62.7 cm³/mol. The SMILES string of the molecule is [N-]=[N+]=Nc1cccc(C=CCCBr)c1. The van der Waals surface area contributed by atoms with Crippen LogP contribution in [0.1, 0.15) is 12.0 Å². The van der Waals surface area contributed by atoms with Gasteiger partial charge in [-0.25, -0.2) is 0 Å². The van der Waals surface area contributed by atoms with Crippen LogP contribution in [0.2, 0.25) is 0 Å². The van der Waals surface area contributed by atoms with Crippen molar-refractivity contribution < 1.29 is 0 Å². The number of nitrogens with zero attached hydrogens (tertiary/aromatic N) is 3. The van der Waals surface area contributed by atoms with Crippen molar-refractivity contribution in [1.29, 1.82) is 0 Å². The average molecular weight is 252 g/mol. The summed E-state index contributed by atoms with van der Waals surface area (Å²) in [6.07, 6.45) is 5.08. The molecule has 1 aromatic rings. The quantitative estimate of drug-likeness (QED) is 0.329. The lowest BCUT2D eigenvalue weighted by Gasteiger charge is -1.94. The molecule has 0 saturated carbocycles. The number of benzene rings is 1. The monoisotopic (exact) mass is 251 g/mol. The van der Waals surface area contributed by atoms with Crippen molar-refractivity contribution in [1.82, 2.24) is 0 Å². The molecule has 14 heavy (non-hydrogen) atoms. The average Bonchev–Trinajstić information content (AvgIpc) is 2.19. The summed E-state index contributed by atoms with van der Waals surface area (Å²) >= 11 is 3.34. The molecule has 0 fully saturated rings. The summed E-state index contributed by atoms with van der Waals surface area (Å²) in [5.41, 5.74) is 9.96. The number of alkyl halides is 1. The van der Waals surface area contributed by atoms with Gasteiger partial charge in [0, 0.05) is 15.9 Å². The summed E-state index contributed by atoms with van der Waals surface area (Å²) in [6, 6.07) is 7.48. The molecule has 0 heterocycles. The summed E-state index contributed by atoms with van der Waals surface area (Å²) in [6.45, 7) is 0. The highest BCUT2D eigenvalue weighted by Gasteiger charge is 1.89. The third-order valence-corrected chi connectivity index (χ3v) is 2.07. The first-order valence-electron chi connectivity index (χ1n) is 4.24. The van der Waals surface area contributed by atoms with Crippen LogP contribution in [-0.2, 0) is 0 Å². The van der Waals surface area contributed by atoms with Gasteiger partial charge in [-0.2, -0.15) is 0 Å². The van der Waals surface area contributed by atoms with Gasteiger partial charge in [-0.1, -0.05) is 51.4 Å². The van der Waals surface area contributed by atoms with Crippen LogP contribution in [-0.4, -0.2) is 5.33 Å². The van der Waals surface area contributed by atoms with Gasteiger partial charge >= 0.3 is 0 Å². The van der Waals surface area contributed by atoms with E-state index in [0.717, 1.165) is 17.3 Å². The highest BCUT2D eigenvalue weighted by molar-refractivity contribution is 9.09. The molecule has 0 aliphatic rings. The Kier molecular flexibility index (Phi) is 4.83. The molecular weight excluding hydrogens is 242 g/mol. The summed E-state index contributed by atoms with van der Waals surface area (Å²) in [5, 5.41) is 4.49. The molecule has 0 unspecified atom stereocenters. The highest BCUT2D eigenvalue weighted by Crippen LogP contribution is 2.15. The van der Waals surface area contributed by atoms with E-state index in [0.29, 0.717) is 5.69 Å². The van der Waals surface area contributed by atoms with Gasteiger partial charge in [-0.05, 0) is 23.6 Å². The van der Waals surface area contributed by atoms with Crippen LogP contribution in [0.5, 0.6) is 0 Å². The number of hydrogen-bond donors (Lipinski definition) is 0. The molecule has 0 radical (unpaired) electrons. The van der Waals surface area contributed by atoms with Crippen molar-refractivity contribution in [3.05, 3.63) is 46.3 Å². The van der Waals surface area contributed by atoms with E-state index >= 15 is 0 Å². The molecular formula is C10H10BrN3. The number of allylic oxidation sites excluding steroid dienone is 1. The summed E-state index contributed by atoms with van der Waals surface area (Å²) in [4.78, 5) is 2.74. The molecule has 0 amide bonds. The summed E-state index contributed by atoms with van der Waals surface area (Å²) in [5.74, 6) is 0. The van der Waals surface area contributed by atoms with E-state index in [1.807, 2.05) is 24.3 Å². The first kappa shape index (κ1) is 10.8. The third-order valence-electron chi connectivity index (χ3n) is 1.62. The fourth-order valence-corrected chi connectivity index (χ4v) is 1.29. The Labute approximate surface area is 91.2 Å². The van der Waals surface area contributed by atoms with E-state index in [2.05, 4.69) is 32.0 Å². The molecule has 1 aromatic carbocycles. The van der Waals surface area contributed by atoms with E-state index in [1.165, 1.54) is 0 Å². The molecule has 0 N–H and O–H groups in total. The topological polar surface area (TPSA) is 48.8 Å². The smallest absolute Gasteiger partial charge is 0.0381 e. The van der Waals surface area contributed by atoms with Gasteiger partial charge in [0.05, 0.1) is 0 Å². The lowest BCUT2D eigenvalue weighted by atomic mass is 10.2. The minimum Gasteiger partial charge on any atom is -0.0925 e. The molecule has 0 spiro atoms. The molecule has 1 rings (SSSR count). The minimum atomic E-state index is 0.647. The highest BCUT2D eigenvalue weighted by atomic mass is 79.9. The third kappa shape index (κ3) is 3.64. The van der Waals surface area contributed by atoms with Gasteiger partial charge in [0.2, 0.25) is 0 Å². The van der Waals surface area contributed by atoms with Gasteiger partial charge in [-0.3, -0.25) is 0 Å². The van der Waals surface area contributed by atoms with Crippen LogP contribution in [0, 0.1) is 0 Å². The van der Waals surface area contributed by atoms with Crippen LogP contribution < -0.4 is 0 Å². The Morgan fingerprint density at radius 1 is 1.50 bits per heavy atom. The Balaban J connectivity index is 2.77. The van der Waals surface area contributed by atoms with Gasteiger partial charge in [-0.15, -0.1) is 0 Å². The Hall–Kier alpha value is -1.25. The second kappa shape index (κ2) is 6.24. The van der Waals surface area contributed by atoms with Crippen molar-refractivity contribution in [2.45, 2.75) is 6.42 Å². The van der Waals surface area contributed by atoms with Crippen LogP contribution >= 0.6 is 15.9 Å². The Morgan fingerprint density at radius 3 is 3.07 bits per heavy atom. The molecule has 0 aliphatic heterocycles. The van der Waals surface area contributed by atoms with Crippen LogP contribution in [0.25, 0.3) is 16.5 Å². The fraction of sp³-hybridized carbons (Fsp3) is 0.200. The van der Waals surface area contributed by atoms with Gasteiger partial charge < -0.3 is 0 Å². The van der Waals surface area contributed by atoms with Crippen molar-refractivity contribution >= 4 is 27.7 Å². The van der Waals surface area contributed by atoms with E-state index < -0.39 is 0 Å². The maximum atomic E-state index is 8.26. The molecule has 0 aromatic heterocycles. The summed E-state index contributed by atoms with van der Waals surface area (Å²) in [7, 11) is 0. The van der Waals surface area contributed by atoms with Gasteiger partial charge in [0.25, 0.3) is 0 Å². The zero-order valence-corrected chi connectivity index (χ0v) is 9.18. The second-order valence-corrected chi connectivity index (χ2v) is 3.46. The van der Waals surface area contributed by atoms with Crippen molar-refractivity contribution in [2.75, 3.05) is 5.33 Å². The van der Waals surface area contributed by atoms with Crippen molar-refractivity contribution in [2.24, 2.45) is 5.11 Å². The Morgan fingerprint density at radius 2 is 2.36 bits per heavy atom. The maximum absolute atomic E-state index is 8.26. The molecule has 72 valence electrons. The number of rotatable bonds is 4. The number of halogens is 1. The lowest BCUT2D eigenvalue weighted by molar-refractivity contribution is 1.27. The minimum absolute atomic E-state index is 0.647. The molecule has 0 aliphatic carbocycles. The fourth-order valence-electron chi connectivity index (χ4n) is 1.02. The van der Waals surface area contributed by atoms with E-state index in [1.54, 1.807) is 6.07 Å². The number of hydrogen-bond acceptors (Lipinski definition) is 1. The summed E-state index contributed by atoms with van der Waals surface area (Å²) < 4.78 is 0.